The molecule has 0 aromatic heterocycles. The van der Waals surface area contributed by atoms with Crippen LogP contribution in [0.5, 0.6) is 0 Å². The smallest absolute Gasteiger partial charge is 0.241 e. The molecule has 0 radical (unpaired) electrons. The van der Waals surface area contributed by atoms with Gasteiger partial charge in [0.05, 0.1) is 12.7 Å². The Hall–Kier alpha value is -0.570. The number of nitrogens with one attached hydrogen (secondary N) is 1. The van der Waals surface area contributed by atoms with E-state index in [1.54, 1.807) is 0 Å². The first-order valence-electron chi connectivity index (χ1n) is 6.07. The van der Waals surface area contributed by atoms with E-state index in [0.29, 0.717) is 17.4 Å². The number of nitrogens with zero attached hydrogens (tertiary/aromatic N) is 1. The van der Waals surface area contributed by atoms with E-state index in [0.717, 1.165) is 19.5 Å². The second-order valence-corrected chi connectivity index (χ2v) is 5.69. The van der Waals surface area contributed by atoms with Crippen molar-refractivity contribution in [1.82, 2.24) is 10.2 Å². The van der Waals surface area contributed by atoms with Gasteiger partial charge in [-0.3, -0.25) is 10.1 Å². The first kappa shape index (κ1) is 10.9. The van der Waals surface area contributed by atoms with Gasteiger partial charge in [0, 0.05) is 6.04 Å². The van der Waals surface area contributed by atoms with Crippen LogP contribution in [0.4, 0.5) is 0 Å². The quantitative estimate of drug-likeness (QED) is 0.753. The average Bonchev–Trinajstić information content (AvgIpc) is 2.69. The summed E-state index contributed by atoms with van der Waals surface area (Å²) >= 11 is 0. The summed E-state index contributed by atoms with van der Waals surface area (Å²) in [6.45, 7) is 7.44. The van der Waals surface area contributed by atoms with Gasteiger partial charge in [-0.2, -0.15) is 0 Å². The largest absolute Gasteiger partial charge is 0.326 e. The maximum Gasteiger partial charge on any atom is 0.241 e. The second-order valence-electron chi connectivity index (χ2n) is 5.69. The maximum absolute atomic E-state index is 12.0. The molecule has 1 amide bonds. The van der Waals surface area contributed by atoms with Gasteiger partial charge in [0.2, 0.25) is 5.91 Å². The van der Waals surface area contributed by atoms with Gasteiger partial charge in [0.15, 0.2) is 0 Å². The predicted molar refractivity (Wildman–Crippen MR) is 60.3 cm³/mol. The predicted octanol–water partition coefficient (Wildman–Crippen LogP) is 1.73. The summed E-state index contributed by atoms with van der Waals surface area (Å²) < 4.78 is 0. The molecule has 1 N–H and O–H groups in total. The molecule has 2 atom stereocenters. The SMILES string of the molecule is CCC1NCN(C2CCC(C)(C)C2)C1=O. The topological polar surface area (TPSA) is 32.3 Å². The van der Waals surface area contributed by atoms with Crippen molar-refractivity contribution in [3.63, 3.8) is 0 Å². The third-order valence-corrected chi connectivity index (χ3v) is 3.88. The van der Waals surface area contributed by atoms with Crippen molar-refractivity contribution in [1.29, 1.82) is 0 Å². The molecule has 0 aromatic carbocycles. The third kappa shape index (κ3) is 2.03. The molecule has 86 valence electrons. The third-order valence-electron chi connectivity index (χ3n) is 3.88. The molecule has 3 heteroatoms. The summed E-state index contributed by atoms with van der Waals surface area (Å²) in [6.07, 6.45) is 4.50. The second kappa shape index (κ2) is 3.78. The Kier molecular flexibility index (Phi) is 2.75. The Morgan fingerprint density at radius 3 is 2.73 bits per heavy atom. The highest BCUT2D eigenvalue weighted by Crippen LogP contribution is 2.39. The Balaban J connectivity index is 1.99. The summed E-state index contributed by atoms with van der Waals surface area (Å²) in [5.41, 5.74) is 0.426. The molecule has 0 spiro atoms. The number of rotatable bonds is 2. The molecule has 2 rings (SSSR count). The average molecular weight is 210 g/mol. The number of hydrogen-bond donors (Lipinski definition) is 1. The van der Waals surface area contributed by atoms with Crippen molar-refractivity contribution >= 4 is 5.91 Å². The summed E-state index contributed by atoms with van der Waals surface area (Å²) in [7, 11) is 0. The molecule has 2 fully saturated rings. The van der Waals surface area contributed by atoms with Gasteiger partial charge in [-0.15, -0.1) is 0 Å². The molecule has 1 aliphatic carbocycles. The minimum Gasteiger partial charge on any atom is -0.326 e. The zero-order chi connectivity index (χ0) is 11.1. The molecule has 1 aliphatic heterocycles. The Bertz CT molecular complexity index is 262. The van der Waals surface area contributed by atoms with Gasteiger partial charge in [0.1, 0.15) is 0 Å². The van der Waals surface area contributed by atoms with Crippen molar-refractivity contribution in [3.8, 4) is 0 Å². The van der Waals surface area contributed by atoms with E-state index in [1.165, 1.54) is 12.8 Å². The van der Waals surface area contributed by atoms with E-state index >= 15 is 0 Å². The lowest BCUT2D eigenvalue weighted by molar-refractivity contribution is -0.130. The number of hydrogen-bond acceptors (Lipinski definition) is 2. The summed E-state index contributed by atoms with van der Waals surface area (Å²) in [5, 5.41) is 3.29. The van der Waals surface area contributed by atoms with Crippen LogP contribution in [0.25, 0.3) is 0 Å². The standard InChI is InChI=1S/C12H22N2O/c1-4-10-11(15)14(8-13-10)9-5-6-12(2,3)7-9/h9-10,13H,4-8H2,1-3H3. The van der Waals surface area contributed by atoms with Crippen LogP contribution in [0.15, 0.2) is 0 Å². The minimum absolute atomic E-state index is 0.0775. The van der Waals surface area contributed by atoms with Crippen LogP contribution in [0, 0.1) is 5.41 Å². The summed E-state index contributed by atoms with van der Waals surface area (Å²) in [6, 6.07) is 0.560. The lowest BCUT2D eigenvalue weighted by atomic mass is 9.91. The molecule has 2 aliphatic rings. The van der Waals surface area contributed by atoms with Crippen molar-refractivity contribution in [2.75, 3.05) is 6.67 Å². The normalized spacial score (nSPS) is 35.1. The molecular formula is C12H22N2O. The van der Waals surface area contributed by atoms with Crippen LogP contribution in [0.2, 0.25) is 0 Å². The molecule has 1 heterocycles. The molecule has 3 nitrogen and oxygen atoms in total. The van der Waals surface area contributed by atoms with Crippen LogP contribution in [0.3, 0.4) is 0 Å². The first-order chi connectivity index (χ1) is 7.03. The van der Waals surface area contributed by atoms with Crippen LogP contribution in [0.1, 0.15) is 46.5 Å². The zero-order valence-corrected chi connectivity index (χ0v) is 10.0. The lowest BCUT2D eigenvalue weighted by Gasteiger charge is -2.25. The number of carbonyl (C=O) groups excluding carboxylic acids is 1. The van der Waals surface area contributed by atoms with E-state index in [2.05, 4.69) is 31.0 Å². The highest BCUT2D eigenvalue weighted by molar-refractivity contribution is 5.84. The van der Waals surface area contributed by atoms with E-state index in [4.69, 9.17) is 0 Å². The van der Waals surface area contributed by atoms with Gasteiger partial charge in [-0.05, 0) is 31.1 Å². The van der Waals surface area contributed by atoms with Gasteiger partial charge >= 0.3 is 0 Å². The van der Waals surface area contributed by atoms with E-state index in [9.17, 15) is 4.79 Å². The molecule has 0 bridgehead atoms. The van der Waals surface area contributed by atoms with Crippen LogP contribution >= 0.6 is 0 Å². The monoisotopic (exact) mass is 210 g/mol. The van der Waals surface area contributed by atoms with Gasteiger partial charge in [-0.1, -0.05) is 20.8 Å². The van der Waals surface area contributed by atoms with Crippen molar-refractivity contribution in [2.45, 2.75) is 58.5 Å². The highest BCUT2D eigenvalue weighted by Gasteiger charge is 2.40. The summed E-state index contributed by atoms with van der Waals surface area (Å²) in [4.78, 5) is 14.1. The fraction of sp³-hybridized carbons (Fsp3) is 0.917. The van der Waals surface area contributed by atoms with E-state index in [-0.39, 0.29) is 6.04 Å². The highest BCUT2D eigenvalue weighted by atomic mass is 16.2. The molecule has 15 heavy (non-hydrogen) atoms. The van der Waals surface area contributed by atoms with Gasteiger partial charge < -0.3 is 4.90 Å². The lowest BCUT2D eigenvalue weighted by Crippen LogP contribution is -2.37. The van der Waals surface area contributed by atoms with Crippen molar-refractivity contribution < 1.29 is 4.79 Å². The minimum atomic E-state index is 0.0775. The molecular weight excluding hydrogens is 188 g/mol. The maximum atomic E-state index is 12.0. The fourth-order valence-electron chi connectivity index (χ4n) is 2.87. The Labute approximate surface area is 92.2 Å². The van der Waals surface area contributed by atoms with Crippen LogP contribution in [-0.2, 0) is 4.79 Å². The van der Waals surface area contributed by atoms with Crippen molar-refractivity contribution in [2.24, 2.45) is 5.41 Å². The fourth-order valence-corrected chi connectivity index (χ4v) is 2.87. The molecule has 0 aromatic rings. The zero-order valence-electron chi connectivity index (χ0n) is 10.0. The van der Waals surface area contributed by atoms with E-state index < -0.39 is 0 Å². The molecule has 1 saturated heterocycles. The van der Waals surface area contributed by atoms with Crippen LogP contribution in [-0.4, -0.2) is 29.6 Å². The Morgan fingerprint density at radius 1 is 1.53 bits per heavy atom. The number of amides is 1. The summed E-state index contributed by atoms with van der Waals surface area (Å²) in [5.74, 6) is 0.320. The van der Waals surface area contributed by atoms with Crippen LogP contribution < -0.4 is 5.32 Å². The molecule has 2 unspecified atom stereocenters. The first-order valence-corrected chi connectivity index (χ1v) is 6.07. The van der Waals surface area contributed by atoms with Gasteiger partial charge in [0.25, 0.3) is 0 Å². The van der Waals surface area contributed by atoms with Crippen molar-refractivity contribution in [3.05, 3.63) is 0 Å². The number of carbonyl (C=O) groups is 1. The van der Waals surface area contributed by atoms with E-state index in [1.807, 2.05) is 0 Å². The molecule has 1 saturated carbocycles. The van der Waals surface area contributed by atoms with Gasteiger partial charge in [-0.25, -0.2) is 0 Å². The Morgan fingerprint density at radius 2 is 2.27 bits per heavy atom.